The Labute approximate surface area is 167 Å². The number of phenolic OH excluding ortho intramolecular Hbond substituents is 1. The van der Waals surface area contributed by atoms with E-state index in [9.17, 15) is 27.9 Å². The van der Waals surface area contributed by atoms with Gasteiger partial charge in [0, 0.05) is 25.1 Å². The van der Waals surface area contributed by atoms with Crippen LogP contribution in [-0.4, -0.2) is 34.4 Å². The lowest BCUT2D eigenvalue weighted by atomic mass is 10.1. The van der Waals surface area contributed by atoms with Crippen LogP contribution in [0, 0.1) is 0 Å². The Balaban J connectivity index is 1.67. The second-order valence-corrected chi connectivity index (χ2v) is 7.32. The van der Waals surface area contributed by atoms with Gasteiger partial charge in [-0.25, -0.2) is 0 Å². The molecule has 2 aromatic carbocycles. The van der Waals surface area contributed by atoms with E-state index < -0.39 is 23.7 Å². The number of likely N-dealkylation sites (tertiary alicyclic amines) is 1. The molecule has 0 aromatic heterocycles. The standard InChI is InChI=1S/C19H16BrF3N2O3/c20-15-6-5-11(7-16(15)26)18(28)24-13-8-17(27)25(10-13)9-12-3-1-2-4-14(12)19(21,22)23/h1-7,13,26H,8-10H2,(H,24,28). The number of benzene rings is 2. The van der Waals surface area contributed by atoms with E-state index in [1.165, 1.54) is 41.3 Å². The quantitative estimate of drug-likeness (QED) is 0.736. The number of amides is 2. The average Bonchev–Trinajstić information content (AvgIpc) is 2.96. The largest absolute Gasteiger partial charge is 0.507 e. The molecule has 148 valence electrons. The third kappa shape index (κ3) is 4.46. The highest BCUT2D eigenvalue weighted by molar-refractivity contribution is 9.10. The molecule has 1 heterocycles. The highest BCUT2D eigenvalue weighted by Gasteiger charge is 2.36. The summed E-state index contributed by atoms with van der Waals surface area (Å²) >= 11 is 3.12. The van der Waals surface area contributed by atoms with Gasteiger partial charge in [-0.2, -0.15) is 13.2 Å². The Bertz CT molecular complexity index is 918. The molecule has 1 unspecified atom stereocenters. The average molecular weight is 457 g/mol. The molecule has 5 nitrogen and oxygen atoms in total. The van der Waals surface area contributed by atoms with E-state index in [1.807, 2.05) is 0 Å². The fourth-order valence-corrected chi connectivity index (χ4v) is 3.33. The van der Waals surface area contributed by atoms with E-state index in [0.717, 1.165) is 6.07 Å². The lowest BCUT2D eigenvalue weighted by Crippen LogP contribution is -2.37. The minimum absolute atomic E-state index is 0.00242. The summed E-state index contributed by atoms with van der Waals surface area (Å²) in [5.41, 5.74) is -0.553. The van der Waals surface area contributed by atoms with Crippen molar-refractivity contribution in [1.82, 2.24) is 10.2 Å². The summed E-state index contributed by atoms with van der Waals surface area (Å²) in [6.45, 7) is -0.0702. The van der Waals surface area contributed by atoms with E-state index >= 15 is 0 Å². The molecule has 0 saturated carbocycles. The van der Waals surface area contributed by atoms with Crippen molar-refractivity contribution in [1.29, 1.82) is 0 Å². The van der Waals surface area contributed by atoms with Crippen molar-refractivity contribution in [3.8, 4) is 5.75 Å². The van der Waals surface area contributed by atoms with Crippen molar-refractivity contribution in [2.24, 2.45) is 0 Å². The van der Waals surface area contributed by atoms with Crippen LogP contribution in [0.1, 0.15) is 27.9 Å². The van der Waals surface area contributed by atoms with Crippen molar-refractivity contribution >= 4 is 27.7 Å². The smallest absolute Gasteiger partial charge is 0.416 e. The predicted octanol–water partition coefficient (Wildman–Crippen LogP) is 3.70. The number of halogens is 4. The summed E-state index contributed by atoms with van der Waals surface area (Å²) in [6, 6.07) is 8.90. The number of alkyl halides is 3. The topological polar surface area (TPSA) is 69.6 Å². The number of carbonyl (C=O) groups excluding carboxylic acids is 2. The third-order valence-corrected chi connectivity index (χ3v) is 5.11. The fraction of sp³-hybridized carbons (Fsp3) is 0.263. The molecule has 3 rings (SSSR count). The number of hydrogen-bond donors (Lipinski definition) is 2. The zero-order valence-electron chi connectivity index (χ0n) is 14.5. The van der Waals surface area contributed by atoms with Crippen LogP contribution in [0.2, 0.25) is 0 Å². The Kier molecular flexibility index (Phi) is 5.64. The zero-order chi connectivity index (χ0) is 20.5. The summed E-state index contributed by atoms with van der Waals surface area (Å²) in [6.07, 6.45) is -4.50. The molecule has 0 spiro atoms. The molecule has 2 aromatic rings. The molecular weight excluding hydrogens is 441 g/mol. The van der Waals surface area contributed by atoms with Gasteiger partial charge in [0.1, 0.15) is 5.75 Å². The number of carbonyl (C=O) groups is 2. The van der Waals surface area contributed by atoms with Crippen LogP contribution < -0.4 is 5.32 Å². The van der Waals surface area contributed by atoms with Crippen LogP contribution in [0.5, 0.6) is 5.75 Å². The first-order chi connectivity index (χ1) is 13.1. The van der Waals surface area contributed by atoms with Gasteiger partial charge >= 0.3 is 6.18 Å². The summed E-state index contributed by atoms with van der Waals surface area (Å²) in [4.78, 5) is 25.8. The number of nitrogens with one attached hydrogen (secondary N) is 1. The lowest BCUT2D eigenvalue weighted by Gasteiger charge is -2.20. The number of nitrogens with zero attached hydrogens (tertiary/aromatic N) is 1. The van der Waals surface area contributed by atoms with E-state index in [1.54, 1.807) is 0 Å². The summed E-state index contributed by atoms with van der Waals surface area (Å²) in [7, 11) is 0. The van der Waals surface area contributed by atoms with Crippen molar-refractivity contribution in [2.75, 3.05) is 6.54 Å². The first-order valence-corrected chi connectivity index (χ1v) is 9.16. The SMILES string of the molecule is O=C(NC1CC(=O)N(Cc2ccccc2C(F)(F)F)C1)c1ccc(Br)c(O)c1. The number of hydrogen-bond acceptors (Lipinski definition) is 3. The number of aromatic hydroxyl groups is 1. The Morgan fingerprint density at radius 1 is 1.25 bits per heavy atom. The van der Waals surface area contributed by atoms with Gasteiger partial charge in [-0.05, 0) is 45.8 Å². The maximum absolute atomic E-state index is 13.1. The minimum Gasteiger partial charge on any atom is -0.507 e. The molecule has 2 N–H and O–H groups in total. The second kappa shape index (κ2) is 7.83. The highest BCUT2D eigenvalue weighted by atomic mass is 79.9. The van der Waals surface area contributed by atoms with E-state index in [0.29, 0.717) is 4.47 Å². The molecule has 1 aliphatic heterocycles. The predicted molar refractivity (Wildman–Crippen MR) is 98.5 cm³/mol. The summed E-state index contributed by atoms with van der Waals surface area (Å²) in [5, 5.41) is 12.4. The maximum Gasteiger partial charge on any atom is 0.416 e. The van der Waals surface area contributed by atoms with E-state index in [-0.39, 0.29) is 42.3 Å². The molecule has 0 bridgehead atoms. The van der Waals surface area contributed by atoms with Crippen LogP contribution in [-0.2, 0) is 17.5 Å². The first-order valence-electron chi connectivity index (χ1n) is 8.37. The normalized spacial score (nSPS) is 17.1. The molecule has 0 aliphatic carbocycles. The molecule has 1 fully saturated rings. The molecule has 2 amide bonds. The Morgan fingerprint density at radius 2 is 1.96 bits per heavy atom. The fourth-order valence-electron chi connectivity index (χ4n) is 3.08. The van der Waals surface area contributed by atoms with Gasteiger partial charge in [-0.1, -0.05) is 18.2 Å². The molecule has 0 radical (unpaired) electrons. The maximum atomic E-state index is 13.1. The van der Waals surface area contributed by atoms with E-state index in [4.69, 9.17) is 0 Å². The highest BCUT2D eigenvalue weighted by Crippen LogP contribution is 2.33. The van der Waals surface area contributed by atoms with Crippen molar-refractivity contribution in [3.05, 3.63) is 63.6 Å². The van der Waals surface area contributed by atoms with Gasteiger partial charge < -0.3 is 15.3 Å². The Hall–Kier alpha value is -2.55. The molecule has 9 heteroatoms. The first kappa shape index (κ1) is 20.2. The van der Waals surface area contributed by atoms with Gasteiger partial charge in [0.05, 0.1) is 16.1 Å². The molecule has 1 saturated heterocycles. The van der Waals surface area contributed by atoms with Gasteiger partial charge in [-0.3, -0.25) is 9.59 Å². The van der Waals surface area contributed by atoms with Crippen molar-refractivity contribution < 1.29 is 27.9 Å². The summed E-state index contributed by atoms with van der Waals surface area (Å²) in [5.74, 6) is -0.903. The van der Waals surface area contributed by atoms with Gasteiger partial charge in [-0.15, -0.1) is 0 Å². The van der Waals surface area contributed by atoms with Gasteiger partial charge in [0.2, 0.25) is 5.91 Å². The number of phenols is 1. The van der Waals surface area contributed by atoms with Crippen LogP contribution in [0.4, 0.5) is 13.2 Å². The molecule has 1 atom stereocenters. The molecular formula is C19H16BrF3N2O3. The molecule has 1 aliphatic rings. The monoisotopic (exact) mass is 456 g/mol. The van der Waals surface area contributed by atoms with Crippen LogP contribution >= 0.6 is 15.9 Å². The second-order valence-electron chi connectivity index (χ2n) is 6.47. The lowest BCUT2D eigenvalue weighted by molar-refractivity contribution is -0.139. The minimum atomic E-state index is -4.50. The van der Waals surface area contributed by atoms with Crippen molar-refractivity contribution in [3.63, 3.8) is 0 Å². The van der Waals surface area contributed by atoms with Gasteiger partial charge in [0.15, 0.2) is 0 Å². The van der Waals surface area contributed by atoms with Crippen molar-refractivity contribution in [2.45, 2.75) is 25.2 Å². The van der Waals surface area contributed by atoms with Crippen LogP contribution in [0.3, 0.4) is 0 Å². The van der Waals surface area contributed by atoms with Crippen LogP contribution in [0.25, 0.3) is 0 Å². The van der Waals surface area contributed by atoms with Crippen LogP contribution in [0.15, 0.2) is 46.9 Å². The number of rotatable bonds is 4. The van der Waals surface area contributed by atoms with Gasteiger partial charge in [0.25, 0.3) is 5.91 Å². The molecule has 28 heavy (non-hydrogen) atoms. The zero-order valence-corrected chi connectivity index (χ0v) is 16.0. The Morgan fingerprint density at radius 3 is 2.64 bits per heavy atom. The third-order valence-electron chi connectivity index (χ3n) is 4.44. The van der Waals surface area contributed by atoms with E-state index in [2.05, 4.69) is 21.2 Å². The summed E-state index contributed by atoms with van der Waals surface area (Å²) < 4.78 is 39.8.